The molecule has 3 rings (SSSR count). The van der Waals surface area contributed by atoms with Crippen LogP contribution in [-0.2, 0) is 0 Å². The van der Waals surface area contributed by atoms with Gasteiger partial charge < -0.3 is 10.3 Å². The first kappa shape index (κ1) is 13.0. The summed E-state index contributed by atoms with van der Waals surface area (Å²) in [5.74, 6) is 0.910. The third-order valence-electron chi connectivity index (χ3n) is 2.85. The Labute approximate surface area is 122 Å². The Morgan fingerprint density at radius 1 is 1.10 bits per heavy atom. The lowest BCUT2D eigenvalue weighted by Gasteiger charge is -2.04. The van der Waals surface area contributed by atoms with Crippen LogP contribution in [0.5, 0.6) is 0 Å². The second-order valence-corrected chi connectivity index (χ2v) is 5.46. The van der Waals surface area contributed by atoms with E-state index in [0.29, 0.717) is 0 Å². The minimum atomic E-state index is 0.867. The van der Waals surface area contributed by atoms with E-state index in [4.69, 9.17) is 0 Å². The van der Waals surface area contributed by atoms with E-state index in [-0.39, 0.29) is 0 Å². The molecule has 0 radical (unpaired) electrons. The molecule has 5 heteroatoms. The van der Waals surface area contributed by atoms with Crippen molar-refractivity contribution in [3.63, 3.8) is 0 Å². The van der Waals surface area contributed by atoms with Crippen LogP contribution in [0, 0.1) is 0 Å². The number of nitrogens with zero attached hydrogens (tertiary/aromatic N) is 2. The van der Waals surface area contributed by atoms with Gasteiger partial charge in [0.25, 0.3) is 0 Å². The van der Waals surface area contributed by atoms with Crippen molar-refractivity contribution in [3.8, 4) is 0 Å². The minimum Gasteiger partial charge on any atom is -0.370 e. The van der Waals surface area contributed by atoms with Gasteiger partial charge in [-0.2, -0.15) is 0 Å². The molecule has 2 heterocycles. The van der Waals surface area contributed by atoms with Gasteiger partial charge in [-0.25, -0.2) is 9.97 Å². The van der Waals surface area contributed by atoms with Crippen LogP contribution in [0.25, 0.3) is 11.0 Å². The number of aromatic amines is 1. The molecule has 20 heavy (non-hydrogen) atoms. The second-order valence-electron chi connectivity index (χ2n) is 4.45. The smallest absolute Gasteiger partial charge is 0.172 e. The first-order valence-electron chi connectivity index (χ1n) is 6.68. The van der Waals surface area contributed by atoms with Gasteiger partial charge in [0.05, 0.1) is 11.0 Å². The molecule has 0 aliphatic rings. The third-order valence-corrected chi connectivity index (χ3v) is 3.67. The highest BCUT2D eigenvalue weighted by molar-refractivity contribution is 7.99. The molecule has 1 aromatic carbocycles. The van der Waals surface area contributed by atoms with Crippen molar-refractivity contribution in [2.45, 2.75) is 23.5 Å². The summed E-state index contributed by atoms with van der Waals surface area (Å²) in [5, 5.41) is 5.09. The van der Waals surface area contributed by atoms with Crippen LogP contribution in [0.2, 0.25) is 0 Å². The number of pyridine rings is 1. The molecular weight excluding hydrogens is 268 g/mol. The van der Waals surface area contributed by atoms with Crippen molar-refractivity contribution in [3.05, 3.63) is 42.5 Å². The Kier molecular flexibility index (Phi) is 3.87. The zero-order chi connectivity index (χ0) is 13.8. The molecule has 3 aromatic rings. The van der Waals surface area contributed by atoms with E-state index >= 15 is 0 Å². The third kappa shape index (κ3) is 2.93. The zero-order valence-corrected chi connectivity index (χ0v) is 12.1. The summed E-state index contributed by atoms with van der Waals surface area (Å²) in [6, 6.07) is 14.0. The van der Waals surface area contributed by atoms with E-state index < -0.39 is 0 Å². The average molecular weight is 284 g/mol. The number of aromatic nitrogens is 3. The first-order valence-corrected chi connectivity index (χ1v) is 7.50. The van der Waals surface area contributed by atoms with Crippen LogP contribution >= 0.6 is 11.8 Å². The van der Waals surface area contributed by atoms with Gasteiger partial charge in [0.15, 0.2) is 5.16 Å². The summed E-state index contributed by atoms with van der Waals surface area (Å²) in [6.45, 7) is 3.08. The highest BCUT2D eigenvalue weighted by Crippen LogP contribution is 2.26. The summed E-state index contributed by atoms with van der Waals surface area (Å²) in [5.41, 5.74) is 2.03. The largest absolute Gasteiger partial charge is 0.370 e. The molecule has 0 atom stereocenters. The molecule has 0 spiro atoms. The quantitative estimate of drug-likeness (QED) is 0.745. The van der Waals surface area contributed by atoms with Crippen molar-refractivity contribution < 1.29 is 0 Å². The van der Waals surface area contributed by atoms with Gasteiger partial charge >= 0.3 is 0 Å². The van der Waals surface area contributed by atoms with E-state index in [9.17, 15) is 0 Å². The van der Waals surface area contributed by atoms with Gasteiger partial charge in [0.2, 0.25) is 0 Å². The Balaban J connectivity index is 1.79. The van der Waals surface area contributed by atoms with Crippen molar-refractivity contribution in [2.24, 2.45) is 0 Å². The van der Waals surface area contributed by atoms with Crippen LogP contribution < -0.4 is 5.32 Å². The van der Waals surface area contributed by atoms with Crippen molar-refractivity contribution in [1.82, 2.24) is 15.0 Å². The van der Waals surface area contributed by atoms with Crippen LogP contribution in [0.15, 0.2) is 52.6 Å². The molecule has 2 N–H and O–H groups in total. The maximum Gasteiger partial charge on any atom is 0.172 e. The van der Waals surface area contributed by atoms with Crippen LogP contribution in [-0.4, -0.2) is 21.5 Å². The maximum absolute atomic E-state index is 4.57. The van der Waals surface area contributed by atoms with Crippen molar-refractivity contribution in [2.75, 3.05) is 11.9 Å². The number of H-pyrrole nitrogens is 1. The number of hydrogen-bond donors (Lipinski definition) is 2. The molecule has 0 saturated heterocycles. The number of para-hydroxylation sites is 2. The van der Waals surface area contributed by atoms with Gasteiger partial charge in [-0.05, 0) is 42.4 Å². The number of anilines is 1. The van der Waals surface area contributed by atoms with Crippen molar-refractivity contribution >= 4 is 28.6 Å². The average Bonchev–Trinajstić information content (AvgIpc) is 2.87. The zero-order valence-electron chi connectivity index (χ0n) is 11.3. The standard InChI is InChI=1S/C15H16N4S/c1-2-10-16-13-8-5-9-14(19-13)20-15-17-11-6-3-4-7-12(11)18-15/h3-9H,2,10H2,1H3,(H,16,19)(H,17,18). The monoisotopic (exact) mass is 284 g/mol. The van der Waals surface area contributed by atoms with Crippen LogP contribution in [0.3, 0.4) is 0 Å². The predicted octanol–water partition coefficient (Wildman–Crippen LogP) is 3.93. The lowest BCUT2D eigenvalue weighted by atomic mass is 10.3. The summed E-state index contributed by atoms with van der Waals surface area (Å²) in [6.07, 6.45) is 1.09. The lowest BCUT2D eigenvalue weighted by Crippen LogP contribution is -2.01. The Bertz CT molecular complexity index is 675. The normalized spacial score (nSPS) is 10.8. The molecule has 0 bridgehead atoms. The number of nitrogens with one attached hydrogen (secondary N) is 2. The molecule has 2 aromatic heterocycles. The number of fused-ring (bicyclic) bond motifs is 1. The van der Waals surface area contributed by atoms with Crippen LogP contribution in [0.4, 0.5) is 5.82 Å². The summed E-state index contributed by atoms with van der Waals surface area (Å²) in [7, 11) is 0. The summed E-state index contributed by atoms with van der Waals surface area (Å²) < 4.78 is 0. The fraction of sp³-hybridized carbons (Fsp3) is 0.200. The fourth-order valence-electron chi connectivity index (χ4n) is 1.90. The van der Waals surface area contributed by atoms with Crippen LogP contribution in [0.1, 0.15) is 13.3 Å². The molecule has 0 saturated carbocycles. The Hall–Kier alpha value is -2.01. The van der Waals surface area contributed by atoms with Gasteiger partial charge in [-0.3, -0.25) is 0 Å². The molecule has 0 fully saturated rings. The molecule has 4 nitrogen and oxygen atoms in total. The molecule has 102 valence electrons. The van der Waals surface area contributed by atoms with E-state index in [0.717, 1.165) is 40.0 Å². The maximum atomic E-state index is 4.57. The van der Waals surface area contributed by atoms with Gasteiger partial charge in [-0.15, -0.1) is 0 Å². The van der Waals surface area contributed by atoms with E-state index in [1.54, 1.807) is 11.8 Å². The SMILES string of the molecule is CCCNc1cccc(Sc2nc3ccccc3[nH]2)n1. The van der Waals surface area contributed by atoms with E-state index in [1.165, 1.54) is 0 Å². The summed E-state index contributed by atoms with van der Waals surface area (Å²) in [4.78, 5) is 12.4. The minimum absolute atomic E-state index is 0.867. The Morgan fingerprint density at radius 3 is 2.85 bits per heavy atom. The number of hydrogen-bond acceptors (Lipinski definition) is 4. The summed E-state index contributed by atoms with van der Waals surface area (Å²) >= 11 is 1.54. The van der Waals surface area contributed by atoms with Gasteiger partial charge in [0, 0.05) is 6.54 Å². The molecule has 0 unspecified atom stereocenters. The number of rotatable bonds is 5. The van der Waals surface area contributed by atoms with Crippen molar-refractivity contribution in [1.29, 1.82) is 0 Å². The number of imidazole rings is 1. The first-order chi connectivity index (χ1) is 9.85. The second kappa shape index (κ2) is 5.96. The predicted molar refractivity (Wildman–Crippen MR) is 83.2 cm³/mol. The molecule has 0 amide bonds. The Morgan fingerprint density at radius 2 is 2.00 bits per heavy atom. The lowest BCUT2D eigenvalue weighted by molar-refractivity contribution is 0.958. The van der Waals surface area contributed by atoms with Gasteiger partial charge in [-0.1, -0.05) is 25.1 Å². The molecular formula is C15H16N4S. The molecule has 0 aliphatic heterocycles. The topological polar surface area (TPSA) is 53.6 Å². The highest BCUT2D eigenvalue weighted by Gasteiger charge is 2.05. The van der Waals surface area contributed by atoms with E-state index in [2.05, 4.69) is 27.2 Å². The number of benzene rings is 1. The molecule has 0 aliphatic carbocycles. The highest BCUT2D eigenvalue weighted by atomic mass is 32.2. The van der Waals surface area contributed by atoms with E-state index in [1.807, 2.05) is 42.5 Å². The van der Waals surface area contributed by atoms with Gasteiger partial charge in [0.1, 0.15) is 10.8 Å². The fourth-order valence-corrected chi connectivity index (χ4v) is 2.69.